The van der Waals surface area contributed by atoms with Gasteiger partial charge in [-0.3, -0.25) is 4.79 Å². The van der Waals surface area contributed by atoms with Crippen molar-refractivity contribution in [1.29, 1.82) is 0 Å². The van der Waals surface area contributed by atoms with Crippen LogP contribution in [0.15, 0.2) is 48.5 Å². The zero-order valence-electron chi connectivity index (χ0n) is 19.4. The molecule has 3 aromatic rings. The SMILES string of the molecule is Cc1cccc(Oc2nc(N3CCCCC3)nc3c2CN(C(=O)c2ccccc2C)CC3)c1. The Morgan fingerprint density at radius 3 is 2.55 bits per heavy atom. The topological polar surface area (TPSA) is 58.6 Å². The normalized spacial score (nSPS) is 15.8. The van der Waals surface area contributed by atoms with Gasteiger partial charge in [-0.2, -0.15) is 4.98 Å². The summed E-state index contributed by atoms with van der Waals surface area (Å²) in [7, 11) is 0. The number of aromatic nitrogens is 2. The zero-order chi connectivity index (χ0) is 22.8. The highest BCUT2D eigenvalue weighted by Crippen LogP contribution is 2.33. The summed E-state index contributed by atoms with van der Waals surface area (Å²) in [6, 6.07) is 15.7. The van der Waals surface area contributed by atoms with Crippen LogP contribution in [0, 0.1) is 13.8 Å². The minimum atomic E-state index is 0.0420. The first-order valence-corrected chi connectivity index (χ1v) is 11.8. The Labute approximate surface area is 195 Å². The van der Waals surface area contributed by atoms with Crippen LogP contribution in [-0.2, 0) is 13.0 Å². The largest absolute Gasteiger partial charge is 0.438 e. The van der Waals surface area contributed by atoms with Crippen molar-refractivity contribution >= 4 is 11.9 Å². The standard InChI is InChI=1S/C27H30N4O2/c1-19-9-8-11-21(17-19)33-25-23-18-31(26(32)22-12-5-4-10-20(22)2)16-13-24(23)28-27(29-25)30-14-6-3-7-15-30/h4-5,8-12,17H,3,6-7,13-16,18H2,1-2H3. The fourth-order valence-corrected chi connectivity index (χ4v) is 4.64. The number of amides is 1. The van der Waals surface area contributed by atoms with Crippen LogP contribution in [0.25, 0.3) is 0 Å². The minimum Gasteiger partial charge on any atom is -0.438 e. The summed E-state index contributed by atoms with van der Waals surface area (Å²) in [5.74, 6) is 2.10. The third-order valence-electron chi connectivity index (χ3n) is 6.52. The van der Waals surface area contributed by atoms with Crippen molar-refractivity contribution < 1.29 is 9.53 Å². The summed E-state index contributed by atoms with van der Waals surface area (Å²) in [6.45, 7) is 7.06. The van der Waals surface area contributed by atoms with Crippen LogP contribution >= 0.6 is 0 Å². The molecule has 2 aliphatic heterocycles. The lowest BCUT2D eigenvalue weighted by Crippen LogP contribution is -2.38. The van der Waals surface area contributed by atoms with Gasteiger partial charge in [-0.05, 0) is 62.4 Å². The lowest BCUT2D eigenvalue weighted by molar-refractivity contribution is 0.0731. The molecule has 170 valence electrons. The molecule has 6 nitrogen and oxygen atoms in total. The van der Waals surface area contributed by atoms with Gasteiger partial charge < -0.3 is 14.5 Å². The first-order chi connectivity index (χ1) is 16.1. The first kappa shape index (κ1) is 21.4. The monoisotopic (exact) mass is 442 g/mol. The number of ether oxygens (including phenoxy) is 1. The van der Waals surface area contributed by atoms with E-state index in [2.05, 4.69) is 4.90 Å². The van der Waals surface area contributed by atoms with E-state index in [9.17, 15) is 4.79 Å². The van der Waals surface area contributed by atoms with E-state index < -0.39 is 0 Å². The fraction of sp³-hybridized carbons (Fsp3) is 0.370. The van der Waals surface area contributed by atoms with E-state index in [0.717, 1.165) is 65.6 Å². The molecule has 0 bridgehead atoms. The second-order valence-corrected chi connectivity index (χ2v) is 9.01. The average Bonchev–Trinajstić information content (AvgIpc) is 2.84. The van der Waals surface area contributed by atoms with Crippen LogP contribution in [0.4, 0.5) is 5.95 Å². The summed E-state index contributed by atoms with van der Waals surface area (Å²) < 4.78 is 6.33. The number of anilines is 1. The van der Waals surface area contributed by atoms with Gasteiger partial charge in [-0.25, -0.2) is 4.98 Å². The van der Waals surface area contributed by atoms with Gasteiger partial charge in [0.15, 0.2) is 0 Å². The van der Waals surface area contributed by atoms with E-state index in [0.29, 0.717) is 25.4 Å². The van der Waals surface area contributed by atoms with E-state index in [1.807, 2.05) is 67.3 Å². The highest BCUT2D eigenvalue weighted by atomic mass is 16.5. The molecule has 3 heterocycles. The predicted octanol–water partition coefficient (Wildman–Crippen LogP) is 5.07. The van der Waals surface area contributed by atoms with Gasteiger partial charge in [0, 0.05) is 31.6 Å². The maximum Gasteiger partial charge on any atom is 0.254 e. The van der Waals surface area contributed by atoms with E-state index in [1.54, 1.807) is 0 Å². The Morgan fingerprint density at radius 2 is 1.76 bits per heavy atom. The Balaban J connectivity index is 1.50. The number of hydrogen-bond acceptors (Lipinski definition) is 5. The maximum absolute atomic E-state index is 13.3. The molecule has 33 heavy (non-hydrogen) atoms. The van der Waals surface area contributed by atoms with Crippen molar-refractivity contribution in [3.05, 3.63) is 76.5 Å². The van der Waals surface area contributed by atoms with Crippen LogP contribution in [0.2, 0.25) is 0 Å². The van der Waals surface area contributed by atoms with Gasteiger partial charge in [-0.15, -0.1) is 0 Å². The van der Waals surface area contributed by atoms with Gasteiger partial charge in [0.1, 0.15) is 5.75 Å². The van der Waals surface area contributed by atoms with Crippen LogP contribution < -0.4 is 9.64 Å². The van der Waals surface area contributed by atoms with Gasteiger partial charge in [-0.1, -0.05) is 30.3 Å². The van der Waals surface area contributed by atoms with Crippen LogP contribution in [0.3, 0.4) is 0 Å². The highest BCUT2D eigenvalue weighted by Gasteiger charge is 2.29. The number of hydrogen-bond donors (Lipinski definition) is 0. The molecule has 0 radical (unpaired) electrons. The van der Waals surface area contributed by atoms with E-state index in [1.165, 1.54) is 6.42 Å². The molecule has 1 aromatic heterocycles. The molecule has 2 aliphatic rings. The Morgan fingerprint density at radius 1 is 0.939 bits per heavy atom. The van der Waals surface area contributed by atoms with Crippen molar-refractivity contribution in [1.82, 2.24) is 14.9 Å². The summed E-state index contributed by atoms with van der Waals surface area (Å²) in [6.07, 6.45) is 4.27. The quantitative estimate of drug-likeness (QED) is 0.564. The lowest BCUT2D eigenvalue weighted by Gasteiger charge is -2.32. The number of rotatable bonds is 4. The number of nitrogens with zero attached hydrogens (tertiary/aromatic N) is 4. The molecule has 1 fully saturated rings. The predicted molar refractivity (Wildman–Crippen MR) is 129 cm³/mol. The van der Waals surface area contributed by atoms with E-state index >= 15 is 0 Å². The van der Waals surface area contributed by atoms with Crippen molar-refractivity contribution in [2.45, 2.75) is 46.1 Å². The molecule has 0 spiro atoms. The summed E-state index contributed by atoms with van der Waals surface area (Å²) >= 11 is 0. The number of benzene rings is 2. The van der Waals surface area contributed by atoms with Crippen LogP contribution in [0.1, 0.15) is 52.0 Å². The van der Waals surface area contributed by atoms with Gasteiger partial charge in [0.2, 0.25) is 11.8 Å². The molecule has 0 unspecified atom stereocenters. The third kappa shape index (κ3) is 4.56. The summed E-state index contributed by atoms with van der Waals surface area (Å²) in [5, 5.41) is 0. The van der Waals surface area contributed by atoms with Gasteiger partial charge in [0.25, 0.3) is 5.91 Å². The smallest absolute Gasteiger partial charge is 0.254 e. The number of carbonyl (C=O) groups excluding carboxylic acids is 1. The molecule has 0 N–H and O–H groups in total. The number of carbonyl (C=O) groups is 1. The van der Waals surface area contributed by atoms with E-state index in [4.69, 9.17) is 14.7 Å². The molecule has 1 saturated heterocycles. The van der Waals surface area contributed by atoms with Crippen LogP contribution in [0.5, 0.6) is 11.6 Å². The molecular weight excluding hydrogens is 412 g/mol. The first-order valence-electron chi connectivity index (χ1n) is 11.8. The Hall–Kier alpha value is -3.41. The Bertz CT molecular complexity index is 1170. The maximum atomic E-state index is 13.3. The molecule has 0 aliphatic carbocycles. The molecule has 0 atom stereocenters. The second-order valence-electron chi connectivity index (χ2n) is 9.01. The summed E-state index contributed by atoms with van der Waals surface area (Å²) in [5.41, 5.74) is 4.75. The molecule has 5 rings (SSSR count). The minimum absolute atomic E-state index is 0.0420. The molecule has 2 aromatic carbocycles. The van der Waals surface area contributed by atoms with Gasteiger partial charge in [0.05, 0.1) is 17.8 Å². The molecule has 0 saturated carbocycles. The summed E-state index contributed by atoms with van der Waals surface area (Å²) in [4.78, 5) is 27.3. The fourth-order valence-electron chi connectivity index (χ4n) is 4.64. The molecular formula is C27H30N4O2. The second kappa shape index (κ2) is 9.22. The number of aryl methyl sites for hydroxylation is 2. The third-order valence-corrected chi connectivity index (χ3v) is 6.52. The molecule has 1 amide bonds. The molecule has 6 heteroatoms. The van der Waals surface area contributed by atoms with Crippen molar-refractivity contribution in [2.24, 2.45) is 0 Å². The lowest BCUT2D eigenvalue weighted by atomic mass is 10.0. The van der Waals surface area contributed by atoms with Crippen molar-refractivity contribution in [3.8, 4) is 11.6 Å². The Kier molecular flexibility index (Phi) is 5.99. The highest BCUT2D eigenvalue weighted by molar-refractivity contribution is 5.95. The van der Waals surface area contributed by atoms with Gasteiger partial charge >= 0.3 is 0 Å². The van der Waals surface area contributed by atoms with Crippen molar-refractivity contribution in [3.63, 3.8) is 0 Å². The van der Waals surface area contributed by atoms with Crippen molar-refractivity contribution in [2.75, 3.05) is 24.5 Å². The zero-order valence-corrected chi connectivity index (χ0v) is 19.4. The number of fused-ring (bicyclic) bond motifs is 1. The average molecular weight is 443 g/mol. The number of piperidine rings is 1. The van der Waals surface area contributed by atoms with E-state index in [-0.39, 0.29) is 5.91 Å². The van der Waals surface area contributed by atoms with Crippen LogP contribution in [-0.4, -0.2) is 40.4 Å².